The van der Waals surface area contributed by atoms with E-state index < -0.39 is 0 Å². The second kappa shape index (κ2) is 6.84. The summed E-state index contributed by atoms with van der Waals surface area (Å²) in [6.07, 6.45) is 1.08. The molecule has 0 heterocycles. The molecule has 2 heteroatoms. The quantitative estimate of drug-likeness (QED) is 0.671. The van der Waals surface area contributed by atoms with Gasteiger partial charge < -0.3 is 5.11 Å². The summed E-state index contributed by atoms with van der Waals surface area (Å²) in [4.78, 5) is 0. The zero-order chi connectivity index (χ0) is 4.99. The molecule has 1 nitrogen and oxygen atoms in total. The van der Waals surface area contributed by atoms with Crippen LogP contribution in [0.1, 0.15) is 20.3 Å². The van der Waals surface area contributed by atoms with Gasteiger partial charge in [0.2, 0.25) is 0 Å². The molecule has 42 valence electrons. The first-order valence-electron chi connectivity index (χ1n) is 2.42. The molecule has 0 spiro atoms. The predicted molar refractivity (Wildman–Crippen MR) is 26.5 cm³/mol. The third-order valence-corrected chi connectivity index (χ3v) is 1.01. The molecular weight excluding hydrogens is 167 g/mol. The number of hydrogen-bond donors (Lipinski definition) is 1. The summed E-state index contributed by atoms with van der Waals surface area (Å²) in [7, 11) is 0. The molecule has 0 aromatic carbocycles. The Morgan fingerprint density at radius 2 is 2.00 bits per heavy atom. The smallest absolute Gasteiger partial charge is 0.0456 e. The minimum Gasteiger partial charge on any atom is -0.396 e. The van der Waals surface area contributed by atoms with Crippen LogP contribution in [-0.4, -0.2) is 11.7 Å². The van der Waals surface area contributed by atoms with E-state index in [1.54, 1.807) is 0 Å². The molecule has 1 N–H and O–H groups in total. The van der Waals surface area contributed by atoms with Crippen molar-refractivity contribution in [1.82, 2.24) is 0 Å². The molecule has 0 fully saturated rings. The van der Waals surface area contributed by atoms with Gasteiger partial charge in [-0.15, -0.1) is 0 Å². The van der Waals surface area contributed by atoms with Gasteiger partial charge in [0, 0.05) is 32.8 Å². The van der Waals surface area contributed by atoms with E-state index in [1.807, 2.05) is 6.92 Å². The zero-order valence-electron chi connectivity index (χ0n) is 4.94. The van der Waals surface area contributed by atoms with Crippen molar-refractivity contribution in [3.63, 3.8) is 0 Å². The number of aliphatic hydroxyl groups is 1. The van der Waals surface area contributed by atoms with Crippen LogP contribution in [0.4, 0.5) is 0 Å². The summed E-state index contributed by atoms with van der Waals surface area (Å²) in [5, 5.41) is 8.33. The van der Waals surface area contributed by atoms with Gasteiger partial charge in [-0.05, 0) is 5.92 Å². The molecule has 0 aromatic rings. The zero-order valence-corrected chi connectivity index (χ0v) is 7.40. The second-order valence-electron chi connectivity index (χ2n) is 1.70. The Hall–Kier alpha value is 0.843. The van der Waals surface area contributed by atoms with E-state index in [0.717, 1.165) is 6.42 Å². The molecule has 0 aliphatic rings. The van der Waals surface area contributed by atoms with Crippen LogP contribution in [0.25, 0.3) is 0 Å². The molecule has 1 atom stereocenters. The molecule has 0 saturated carbocycles. The molecular formula is C5H12OZr. The second-order valence-corrected chi connectivity index (χ2v) is 1.70. The van der Waals surface area contributed by atoms with Crippen LogP contribution in [0.15, 0.2) is 0 Å². The fraction of sp³-hybridized carbons (Fsp3) is 1.00. The normalized spacial score (nSPS) is 12.4. The maximum absolute atomic E-state index is 8.33. The first kappa shape index (κ1) is 10.8. The monoisotopic (exact) mass is 178 g/mol. The van der Waals surface area contributed by atoms with E-state index in [9.17, 15) is 0 Å². The van der Waals surface area contributed by atoms with Gasteiger partial charge >= 0.3 is 0 Å². The Kier molecular flexibility index (Phi) is 10.5. The molecule has 0 aromatic heterocycles. The first-order valence-corrected chi connectivity index (χ1v) is 2.42. The largest absolute Gasteiger partial charge is 0.396 e. The Labute approximate surface area is 64.2 Å². The van der Waals surface area contributed by atoms with Gasteiger partial charge in [0.15, 0.2) is 0 Å². The third kappa shape index (κ3) is 6.84. The summed E-state index contributed by atoms with van der Waals surface area (Å²) in [5.41, 5.74) is 0. The van der Waals surface area contributed by atoms with E-state index in [4.69, 9.17) is 5.11 Å². The Morgan fingerprint density at radius 3 is 2.00 bits per heavy atom. The average Bonchev–Trinajstić information content (AvgIpc) is 1.65. The van der Waals surface area contributed by atoms with Crippen LogP contribution in [0.5, 0.6) is 0 Å². The summed E-state index contributed by atoms with van der Waals surface area (Å²) in [5.74, 6) is 0.491. The SMILES string of the molecule is CCC(C)CO.[Zr]. The van der Waals surface area contributed by atoms with E-state index in [2.05, 4.69) is 6.92 Å². The van der Waals surface area contributed by atoms with Gasteiger partial charge in [-0.1, -0.05) is 20.3 Å². The van der Waals surface area contributed by atoms with E-state index in [-0.39, 0.29) is 26.2 Å². The van der Waals surface area contributed by atoms with Crippen molar-refractivity contribution in [1.29, 1.82) is 0 Å². The van der Waals surface area contributed by atoms with Gasteiger partial charge in [0.1, 0.15) is 0 Å². The van der Waals surface area contributed by atoms with Gasteiger partial charge in [0.05, 0.1) is 0 Å². The summed E-state index contributed by atoms with van der Waals surface area (Å²) in [6, 6.07) is 0. The molecule has 0 amide bonds. The van der Waals surface area contributed by atoms with Crippen molar-refractivity contribution in [2.45, 2.75) is 20.3 Å². The topological polar surface area (TPSA) is 20.2 Å². The summed E-state index contributed by atoms with van der Waals surface area (Å²) >= 11 is 0. The molecule has 0 aliphatic heterocycles. The van der Waals surface area contributed by atoms with Gasteiger partial charge in [0.25, 0.3) is 0 Å². The molecule has 1 unspecified atom stereocenters. The Morgan fingerprint density at radius 1 is 1.57 bits per heavy atom. The van der Waals surface area contributed by atoms with Crippen LogP contribution in [0.3, 0.4) is 0 Å². The predicted octanol–water partition coefficient (Wildman–Crippen LogP) is 1.02. The molecule has 0 saturated heterocycles. The fourth-order valence-electron chi connectivity index (χ4n) is 0.129. The minimum atomic E-state index is 0. The average molecular weight is 179 g/mol. The minimum absolute atomic E-state index is 0. The molecule has 0 aliphatic carbocycles. The number of hydrogen-bond acceptors (Lipinski definition) is 1. The molecule has 0 radical (unpaired) electrons. The van der Waals surface area contributed by atoms with Crippen molar-refractivity contribution >= 4 is 0 Å². The van der Waals surface area contributed by atoms with Crippen LogP contribution in [-0.2, 0) is 26.2 Å². The van der Waals surface area contributed by atoms with Crippen molar-refractivity contribution in [2.24, 2.45) is 5.92 Å². The standard InChI is InChI=1S/C5H12O.Zr/c1-3-5(2)4-6;/h5-6H,3-4H2,1-2H3;. The number of aliphatic hydroxyl groups excluding tert-OH is 1. The van der Waals surface area contributed by atoms with Crippen LogP contribution >= 0.6 is 0 Å². The molecule has 0 rings (SSSR count). The Balaban J connectivity index is 0. The summed E-state index contributed by atoms with van der Waals surface area (Å²) in [6.45, 7) is 4.43. The first-order chi connectivity index (χ1) is 2.81. The van der Waals surface area contributed by atoms with E-state index in [0.29, 0.717) is 12.5 Å². The van der Waals surface area contributed by atoms with Crippen molar-refractivity contribution in [3.05, 3.63) is 0 Å². The van der Waals surface area contributed by atoms with E-state index >= 15 is 0 Å². The maximum atomic E-state index is 8.33. The molecule has 0 bridgehead atoms. The van der Waals surface area contributed by atoms with Crippen molar-refractivity contribution in [3.8, 4) is 0 Å². The molecule has 7 heavy (non-hydrogen) atoms. The van der Waals surface area contributed by atoms with Gasteiger partial charge in [-0.3, -0.25) is 0 Å². The van der Waals surface area contributed by atoms with Gasteiger partial charge in [-0.2, -0.15) is 0 Å². The third-order valence-electron chi connectivity index (χ3n) is 1.01. The van der Waals surface area contributed by atoms with Crippen LogP contribution in [0, 0.1) is 5.92 Å². The van der Waals surface area contributed by atoms with Crippen LogP contribution < -0.4 is 0 Å². The van der Waals surface area contributed by atoms with E-state index in [1.165, 1.54) is 0 Å². The summed E-state index contributed by atoms with van der Waals surface area (Å²) < 4.78 is 0. The van der Waals surface area contributed by atoms with Crippen molar-refractivity contribution < 1.29 is 31.3 Å². The van der Waals surface area contributed by atoms with Crippen molar-refractivity contribution in [2.75, 3.05) is 6.61 Å². The fourth-order valence-corrected chi connectivity index (χ4v) is 0.129. The van der Waals surface area contributed by atoms with Crippen LogP contribution in [0.2, 0.25) is 0 Å². The maximum Gasteiger partial charge on any atom is 0.0456 e. The Bertz CT molecular complexity index is 27.3. The van der Waals surface area contributed by atoms with Gasteiger partial charge in [-0.25, -0.2) is 0 Å². The number of rotatable bonds is 2.